The third-order valence-electron chi connectivity index (χ3n) is 6.08. The zero-order chi connectivity index (χ0) is 21.8. The highest BCUT2D eigenvalue weighted by Crippen LogP contribution is 2.36. The number of aliphatic imine (C=N–C) groups is 1. The SMILES string of the molecule is CC[Si](CC)(CC)O[C@@H]1[C@H]2OC(C)(C)OC[C@H]2N=C(SC)N1OCc1ccccc1. The Morgan fingerprint density at radius 1 is 1.17 bits per heavy atom. The van der Waals surface area contributed by atoms with Gasteiger partial charge >= 0.3 is 0 Å². The summed E-state index contributed by atoms with van der Waals surface area (Å²) in [5.41, 5.74) is 1.11. The number of hydrogen-bond acceptors (Lipinski definition) is 7. The van der Waals surface area contributed by atoms with Crippen LogP contribution in [0.3, 0.4) is 0 Å². The highest BCUT2D eigenvalue weighted by molar-refractivity contribution is 8.13. The standard InChI is InChI=1S/C22H36N2O4SSi/c1-7-30(8-2,9-3)28-20-19-18(16-25-22(4,5)27-19)23-21(29-6)24(20)26-15-17-13-11-10-12-14-17/h10-14,18-20H,7-9,15-16H2,1-6H3/t18-,19+,20-/m1/s1. The minimum absolute atomic E-state index is 0.0979. The van der Waals surface area contributed by atoms with Gasteiger partial charge in [-0.15, -0.1) is 0 Å². The van der Waals surface area contributed by atoms with Crippen LogP contribution in [0.1, 0.15) is 40.2 Å². The zero-order valence-electron chi connectivity index (χ0n) is 19.1. The second kappa shape index (κ2) is 10.1. The van der Waals surface area contributed by atoms with Crippen molar-refractivity contribution in [3.63, 3.8) is 0 Å². The average Bonchev–Trinajstić information content (AvgIpc) is 2.76. The normalized spacial score (nSPS) is 26.3. The first-order valence-corrected chi connectivity index (χ1v) is 14.7. The number of benzene rings is 1. The molecule has 0 saturated carbocycles. The molecule has 1 saturated heterocycles. The molecule has 2 aliphatic rings. The molecule has 6 nitrogen and oxygen atoms in total. The maximum absolute atomic E-state index is 6.99. The van der Waals surface area contributed by atoms with E-state index in [1.165, 1.54) is 0 Å². The molecule has 0 aliphatic carbocycles. The fourth-order valence-electron chi connectivity index (χ4n) is 3.98. The summed E-state index contributed by atoms with van der Waals surface area (Å²) in [5, 5.41) is 2.68. The molecule has 0 amide bonds. The summed E-state index contributed by atoms with van der Waals surface area (Å²) < 4.78 is 19.3. The first-order valence-electron chi connectivity index (χ1n) is 10.9. The Hall–Kier alpha value is -0.903. The van der Waals surface area contributed by atoms with Crippen molar-refractivity contribution in [2.24, 2.45) is 4.99 Å². The first kappa shape index (κ1) is 23.8. The van der Waals surface area contributed by atoms with Crippen LogP contribution >= 0.6 is 11.8 Å². The minimum atomic E-state index is -1.93. The number of fused-ring (bicyclic) bond motifs is 1. The molecule has 2 heterocycles. The number of nitrogens with zero attached hydrogens (tertiary/aromatic N) is 2. The van der Waals surface area contributed by atoms with Gasteiger partial charge in [0, 0.05) is 0 Å². The maximum Gasteiger partial charge on any atom is 0.195 e. The average molecular weight is 453 g/mol. The van der Waals surface area contributed by atoms with Crippen LogP contribution < -0.4 is 0 Å². The van der Waals surface area contributed by atoms with Crippen molar-refractivity contribution in [2.75, 3.05) is 12.9 Å². The Morgan fingerprint density at radius 2 is 1.83 bits per heavy atom. The number of ether oxygens (including phenoxy) is 2. The van der Waals surface area contributed by atoms with Gasteiger partial charge in [0.15, 0.2) is 25.5 Å². The van der Waals surface area contributed by atoms with Crippen LogP contribution in [0, 0.1) is 0 Å². The summed E-state index contributed by atoms with van der Waals surface area (Å²) >= 11 is 1.57. The monoisotopic (exact) mass is 452 g/mol. The van der Waals surface area contributed by atoms with Crippen molar-refractivity contribution >= 4 is 25.2 Å². The van der Waals surface area contributed by atoms with Gasteiger partial charge in [0.1, 0.15) is 18.8 Å². The van der Waals surface area contributed by atoms with Gasteiger partial charge < -0.3 is 13.9 Å². The Kier molecular flexibility index (Phi) is 8.03. The molecule has 0 bridgehead atoms. The molecule has 1 aromatic carbocycles. The Labute approximate surface area is 186 Å². The number of hydrogen-bond donors (Lipinski definition) is 0. The van der Waals surface area contributed by atoms with Crippen molar-refractivity contribution in [3.8, 4) is 0 Å². The Bertz CT molecular complexity index is 706. The largest absolute Gasteiger partial charge is 0.393 e. The minimum Gasteiger partial charge on any atom is -0.393 e. The van der Waals surface area contributed by atoms with Crippen molar-refractivity contribution in [2.45, 2.75) is 83.5 Å². The van der Waals surface area contributed by atoms with E-state index >= 15 is 0 Å². The fraction of sp³-hybridized carbons (Fsp3) is 0.682. The topological polar surface area (TPSA) is 52.5 Å². The second-order valence-corrected chi connectivity index (χ2v) is 13.8. The molecule has 0 unspecified atom stereocenters. The second-order valence-electron chi connectivity index (χ2n) is 8.31. The van der Waals surface area contributed by atoms with E-state index in [9.17, 15) is 0 Å². The van der Waals surface area contributed by atoms with Crippen LogP contribution in [-0.4, -0.2) is 55.6 Å². The number of rotatable bonds is 8. The quantitative estimate of drug-likeness (QED) is 0.516. The number of thioether (sulfide) groups is 1. The summed E-state index contributed by atoms with van der Waals surface area (Å²) in [6.45, 7) is 11.6. The highest BCUT2D eigenvalue weighted by atomic mass is 32.2. The predicted molar refractivity (Wildman–Crippen MR) is 125 cm³/mol. The smallest absolute Gasteiger partial charge is 0.195 e. The van der Waals surface area contributed by atoms with Crippen molar-refractivity contribution < 1.29 is 18.7 Å². The van der Waals surface area contributed by atoms with E-state index in [-0.39, 0.29) is 18.4 Å². The summed E-state index contributed by atoms with van der Waals surface area (Å²) in [4.78, 5) is 11.2. The summed E-state index contributed by atoms with van der Waals surface area (Å²) in [6, 6.07) is 13.3. The maximum atomic E-state index is 6.99. The fourth-order valence-corrected chi connectivity index (χ4v) is 7.30. The highest BCUT2D eigenvalue weighted by Gasteiger charge is 2.50. The van der Waals surface area contributed by atoms with E-state index < -0.39 is 14.1 Å². The predicted octanol–water partition coefficient (Wildman–Crippen LogP) is 5.02. The van der Waals surface area contributed by atoms with Gasteiger partial charge in [0.05, 0.1) is 6.61 Å². The molecule has 1 aromatic rings. The van der Waals surface area contributed by atoms with Gasteiger partial charge in [-0.1, -0.05) is 62.9 Å². The van der Waals surface area contributed by atoms with E-state index in [0.717, 1.165) is 28.9 Å². The molecule has 30 heavy (non-hydrogen) atoms. The first-order chi connectivity index (χ1) is 14.4. The Balaban J connectivity index is 1.93. The van der Waals surface area contributed by atoms with Gasteiger partial charge in [-0.2, -0.15) is 5.06 Å². The number of hydroxylamine groups is 2. The van der Waals surface area contributed by atoms with E-state index in [4.69, 9.17) is 23.7 Å². The molecule has 2 aliphatic heterocycles. The lowest BCUT2D eigenvalue weighted by molar-refractivity contribution is -0.326. The van der Waals surface area contributed by atoms with Crippen molar-refractivity contribution in [3.05, 3.63) is 35.9 Å². The lowest BCUT2D eigenvalue weighted by Gasteiger charge is -2.50. The molecule has 0 aromatic heterocycles. The number of amidine groups is 1. The van der Waals surface area contributed by atoms with Crippen molar-refractivity contribution in [1.29, 1.82) is 0 Å². The molecule has 3 atom stereocenters. The molecule has 0 spiro atoms. The van der Waals surface area contributed by atoms with Gasteiger partial charge in [-0.05, 0) is 43.8 Å². The molecule has 0 N–H and O–H groups in total. The van der Waals surface area contributed by atoms with Crippen LogP contribution in [0.25, 0.3) is 0 Å². The van der Waals surface area contributed by atoms with E-state index in [1.54, 1.807) is 11.8 Å². The summed E-state index contributed by atoms with van der Waals surface area (Å²) in [7, 11) is -1.93. The van der Waals surface area contributed by atoms with Crippen LogP contribution in [0.4, 0.5) is 0 Å². The van der Waals surface area contributed by atoms with E-state index in [2.05, 4.69) is 32.9 Å². The lowest BCUT2D eigenvalue weighted by atomic mass is 10.1. The van der Waals surface area contributed by atoms with Gasteiger partial charge in [-0.3, -0.25) is 9.83 Å². The van der Waals surface area contributed by atoms with Crippen LogP contribution in [0.5, 0.6) is 0 Å². The van der Waals surface area contributed by atoms with Crippen molar-refractivity contribution in [1.82, 2.24) is 5.06 Å². The molecular weight excluding hydrogens is 416 g/mol. The van der Waals surface area contributed by atoms with Gasteiger partial charge in [-0.25, -0.2) is 0 Å². The zero-order valence-corrected chi connectivity index (χ0v) is 20.9. The van der Waals surface area contributed by atoms with E-state index in [1.807, 2.05) is 43.4 Å². The van der Waals surface area contributed by atoms with Crippen LogP contribution in [0.2, 0.25) is 18.1 Å². The molecule has 8 heteroatoms. The van der Waals surface area contributed by atoms with Crippen LogP contribution in [0.15, 0.2) is 35.3 Å². The lowest BCUT2D eigenvalue weighted by Crippen LogP contribution is -2.64. The molecular formula is C22H36N2O4SSi. The third-order valence-corrected chi connectivity index (χ3v) is 11.3. The molecule has 0 radical (unpaired) electrons. The van der Waals surface area contributed by atoms with Gasteiger partial charge in [0.25, 0.3) is 0 Å². The van der Waals surface area contributed by atoms with E-state index in [0.29, 0.717) is 13.2 Å². The van der Waals surface area contributed by atoms with Gasteiger partial charge in [0.2, 0.25) is 0 Å². The summed E-state index contributed by atoms with van der Waals surface area (Å²) in [5.74, 6) is -0.672. The third kappa shape index (κ3) is 5.28. The van der Waals surface area contributed by atoms with Crippen LogP contribution in [-0.2, 0) is 25.3 Å². The molecule has 168 valence electrons. The molecule has 3 rings (SSSR count). The Morgan fingerprint density at radius 3 is 2.43 bits per heavy atom. The molecule has 1 fully saturated rings. The summed E-state index contributed by atoms with van der Waals surface area (Å²) in [6.07, 6.45) is 1.44.